The Morgan fingerprint density at radius 3 is 3.00 bits per heavy atom. The Kier molecular flexibility index (Phi) is 3.36. The highest BCUT2D eigenvalue weighted by molar-refractivity contribution is 5.46. The zero-order valence-corrected chi connectivity index (χ0v) is 13.3. The normalized spacial score (nSPS) is 18.5. The molecule has 1 saturated heterocycles. The maximum Gasteiger partial charge on any atom is 0.178 e. The van der Waals surface area contributed by atoms with E-state index in [2.05, 4.69) is 36.8 Å². The highest BCUT2D eigenvalue weighted by Gasteiger charge is 2.21. The van der Waals surface area contributed by atoms with Gasteiger partial charge in [-0.15, -0.1) is 15.3 Å². The van der Waals surface area contributed by atoms with E-state index in [4.69, 9.17) is 0 Å². The molecule has 1 atom stereocenters. The fraction of sp³-hybridized carbons (Fsp3) is 0.467. The van der Waals surface area contributed by atoms with Crippen molar-refractivity contribution in [2.75, 3.05) is 23.3 Å². The lowest BCUT2D eigenvalue weighted by Crippen LogP contribution is -2.42. The Balaban J connectivity index is 1.49. The van der Waals surface area contributed by atoms with Gasteiger partial charge in [0.2, 0.25) is 0 Å². The van der Waals surface area contributed by atoms with Gasteiger partial charge in [-0.25, -0.2) is 0 Å². The van der Waals surface area contributed by atoms with Crippen molar-refractivity contribution >= 4 is 17.2 Å². The van der Waals surface area contributed by atoms with Crippen molar-refractivity contribution in [1.82, 2.24) is 29.6 Å². The molecule has 8 nitrogen and oxygen atoms in total. The quantitative estimate of drug-likeness (QED) is 0.784. The van der Waals surface area contributed by atoms with Crippen LogP contribution in [0.25, 0.3) is 5.65 Å². The van der Waals surface area contributed by atoms with Crippen LogP contribution in [0.5, 0.6) is 0 Å². The number of rotatable bonds is 3. The fourth-order valence-electron chi connectivity index (χ4n) is 3.08. The van der Waals surface area contributed by atoms with Crippen LogP contribution in [0.15, 0.2) is 24.5 Å². The van der Waals surface area contributed by atoms with Crippen LogP contribution in [0.1, 0.15) is 18.7 Å². The first-order valence-corrected chi connectivity index (χ1v) is 7.88. The highest BCUT2D eigenvalue weighted by atomic mass is 15.4. The molecule has 0 saturated carbocycles. The van der Waals surface area contributed by atoms with Gasteiger partial charge in [-0.05, 0) is 31.9 Å². The number of piperidine rings is 1. The Hall–Kier alpha value is -2.64. The Morgan fingerprint density at radius 2 is 2.17 bits per heavy atom. The molecule has 23 heavy (non-hydrogen) atoms. The Morgan fingerprint density at radius 1 is 1.26 bits per heavy atom. The van der Waals surface area contributed by atoms with Gasteiger partial charge in [-0.3, -0.25) is 4.68 Å². The zero-order valence-electron chi connectivity index (χ0n) is 13.3. The number of aryl methyl sites for hydroxylation is 2. The maximum atomic E-state index is 4.58. The Bertz CT molecular complexity index is 820. The molecule has 0 bridgehead atoms. The van der Waals surface area contributed by atoms with Crippen molar-refractivity contribution in [2.45, 2.75) is 25.8 Å². The maximum absolute atomic E-state index is 4.58. The lowest BCUT2D eigenvalue weighted by atomic mass is 10.1. The number of hydrogen-bond acceptors (Lipinski definition) is 6. The average molecular weight is 312 g/mol. The smallest absolute Gasteiger partial charge is 0.178 e. The van der Waals surface area contributed by atoms with E-state index >= 15 is 0 Å². The van der Waals surface area contributed by atoms with Gasteiger partial charge in [-0.2, -0.15) is 9.61 Å². The third-order valence-corrected chi connectivity index (χ3v) is 4.25. The summed E-state index contributed by atoms with van der Waals surface area (Å²) in [5.41, 5.74) is 1.95. The van der Waals surface area contributed by atoms with Gasteiger partial charge in [0.15, 0.2) is 11.5 Å². The lowest BCUT2D eigenvalue weighted by molar-refractivity contribution is 0.528. The molecule has 3 aromatic rings. The van der Waals surface area contributed by atoms with Gasteiger partial charge < -0.3 is 10.2 Å². The largest absolute Gasteiger partial charge is 0.367 e. The molecule has 0 spiro atoms. The van der Waals surface area contributed by atoms with Crippen molar-refractivity contribution in [3.05, 3.63) is 30.4 Å². The summed E-state index contributed by atoms with van der Waals surface area (Å²) in [5, 5.41) is 20.5. The van der Waals surface area contributed by atoms with Crippen molar-refractivity contribution in [1.29, 1.82) is 0 Å². The number of aromatic nitrogens is 6. The summed E-state index contributed by atoms with van der Waals surface area (Å²) in [4.78, 5) is 2.37. The molecule has 4 heterocycles. The van der Waals surface area contributed by atoms with Crippen LogP contribution >= 0.6 is 0 Å². The first-order chi connectivity index (χ1) is 11.2. The van der Waals surface area contributed by atoms with Crippen LogP contribution < -0.4 is 10.2 Å². The van der Waals surface area contributed by atoms with E-state index in [-0.39, 0.29) is 0 Å². The number of nitrogens with one attached hydrogen (secondary N) is 1. The summed E-state index contributed by atoms with van der Waals surface area (Å²) < 4.78 is 3.61. The molecule has 3 aromatic heterocycles. The molecule has 4 rings (SSSR count). The van der Waals surface area contributed by atoms with Crippen LogP contribution in [0.2, 0.25) is 0 Å². The summed E-state index contributed by atoms with van der Waals surface area (Å²) in [6, 6.07) is 4.27. The van der Waals surface area contributed by atoms with Gasteiger partial charge in [-0.1, -0.05) is 0 Å². The number of nitrogens with zero attached hydrogens (tertiary/aromatic N) is 7. The molecule has 0 aliphatic carbocycles. The summed E-state index contributed by atoms with van der Waals surface area (Å²) in [5.74, 6) is 1.66. The molecule has 1 fully saturated rings. The van der Waals surface area contributed by atoms with Gasteiger partial charge in [0, 0.05) is 32.4 Å². The second-order valence-corrected chi connectivity index (χ2v) is 6.04. The van der Waals surface area contributed by atoms with Gasteiger partial charge >= 0.3 is 0 Å². The monoisotopic (exact) mass is 312 g/mol. The minimum atomic E-state index is 0.366. The molecule has 1 N–H and O–H groups in total. The number of anilines is 2. The van der Waals surface area contributed by atoms with Crippen LogP contribution in [-0.4, -0.2) is 48.7 Å². The molecule has 8 heteroatoms. The number of hydrogen-bond donors (Lipinski definition) is 1. The minimum Gasteiger partial charge on any atom is -0.367 e. The topological polar surface area (TPSA) is 76.2 Å². The van der Waals surface area contributed by atoms with E-state index in [0.717, 1.165) is 43.2 Å². The molecule has 0 radical (unpaired) electrons. The summed E-state index contributed by atoms with van der Waals surface area (Å²) >= 11 is 0. The van der Waals surface area contributed by atoms with Crippen LogP contribution in [0, 0.1) is 6.92 Å². The first-order valence-electron chi connectivity index (χ1n) is 7.88. The minimum absolute atomic E-state index is 0.366. The van der Waals surface area contributed by atoms with Gasteiger partial charge in [0.25, 0.3) is 0 Å². The second kappa shape index (κ2) is 5.53. The van der Waals surface area contributed by atoms with Gasteiger partial charge in [0.1, 0.15) is 5.82 Å². The molecular weight excluding hydrogens is 292 g/mol. The molecule has 0 aromatic carbocycles. The third kappa shape index (κ3) is 2.71. The summed E-state index contributed by atoms with van der Waals surface area (Å²) in [7, 11) is 1.95. The van der Waals surface area contributed by atoms with Crippen molar-refractivity contribution in [3.63, 3.8) is 0 Å². The molecule has 0 unspecified atom stereocenters. The highest BCUT2D eigenvalue weighted by Crippen LogP contribution is 2.21. The summed E-state index contributed by atoms with van der Waals surface area (Å²) in [6.07, 6.45) is 6.28. The lowest BCUT2D eigenvalue weighted by Gasteiger charge is -2.34. The van der Waals surface area contributed by atoms with E-state index < -0.39 is 0 Å². The number of fused-ring (bicyclic) bond motifs is 1. The van der Waals surface area contributed by atoms with Crippen molar-refractivity contribution in [2.24, 2.45) is 7.05 Å². The van der Waals surface area contributed by atoms with E-state index in [9.17, 15) is 0 Å². The van der Waals surface area contributed by atoms with E-state index in [0.29, 0.717) is 6.04 Å². The third-order valence-electron chi connectivity index (χ3n) is 4.25. The van der Waals surface area contributed by atoms with Gasteiger partial charge in [0.05, 0.1) is 11.9 Å². The van der Waals surface area contributed by atoms with Crippen LogP contribution in [0.3, 0.4) is 0 Å². The average Bonchev–Trinajstić information content (AvgIpc) is 3.15. The van der Waals surface area contributed by atoms with Crippen LogP contribution in [-0.2, 0) is 7.05 Å². The van der Waals surface area contributed by atoms with E-state index in [1.807, 2.05) is 37.0 Å². The zero-order chi connectivity index (χ0) is 15.8. The fourth-order valence-corrected chi connectivity index (χ4v) is 3.08. The molecular formula is C15H20N8. The van der Waals surface area contributed by atoms with E-state index in [1.54, 1.807) is 4.52 Å². The summed E-state index contributed by atoms with van der Waals surface area (Å²) in [6.45, 7) is 3.93. The molecule has 120 valence electrons. The van der Waals surface area contributed by atoms with Crippen molar-refractivity contribution in [3.8, 4) is 0 Å². The predicted octanol–water partition coefficient (Wildman–Crippen LogP) is 1.25. The van der Waals surface area contributed by atoms with E-state index in [1.165, 1.54) is 5.69 Å². The standard InChI is InChI=1S/C15H20N8/c1-11-18-19-15-6-5-14(20-23(11)15)17-12-4-3-7-22(9-12)13-8-16-21(2)10-13/h5-6,8,10,12H,3-4,7,9H2,1-2H3,(H,17,20)/t12-/m0/s1. The Labute approximate surface area is 134 Å². The van der Waals surface area contributed by atoms with Crippen LogP contribution in [0.4, 0.5) is 11.5 Å². The van der Waals surface area contributed by atoms with Crippen molar-refractivity contribution < 1.29 is 0 Å². The molecule has 1 aliphatic rings. The second-order valence-electron chi connectivity index (χ2n) is 6.04. The predicted molar refractivity (Wildman–Crippen MR) is 87.6 cm³/mol. The molecule has 0 amide bonds. The SMILES string of the molecule is Cc1nnc2ccc(N[C@H]3CCCN(c4cnn(C)c4)C3)nn12. The molecule has 1 aliphatic heterocycles. The first kappa shape index (κ1) is 14.0.